The third-order valence-electron chi connectivity index (χ3n) is 4.69. The molecule has 0 spiro atoms. The van der Waals surface area contributed by atoms with E-state index in [0.717, 1.165) is 23.3 Å². The van der Waals surface area contributed by atoms with Crippen molar-refractivity contribution < 1.29 is 19.0 Å². The smallest absolute Gasteiger partial charge is 0.363 e. The van der Waals surface area contributed by atoms with Gasteiger partial charge >= 0.3 is 5.97 Å². The molecule has 28 heavy (non-hydrogen) atoms. The van der Waals surface area contributed by atoms with Crippen molar-refractivity contribution in [1.82, 2.24) is 0 Å². The summed E-state index contributed by atoms with van der Waals surface area (Å²) in [5.74, 6) is 1.27. The Bertz CT molecular complexity index is 965. The van der Waals surface area contributed by atoms with Crippen LogP contribution in [-0.2, 0) is 14.9 Å². The van der Waals surface area contributed by atoms with E-state index in [2.05, 4.69) is 25.8 Å². The minimum absolute atomic E-state index is 0.0644. The summed E-state index contributed by atoms with van der Waals surface area (Å²) >= 11 is 0. The topological polar surface area (TPSA) is 57.1 Å². The van der Waals surface area contributed by atoms with Crippen LogP contribution >= 0.6 is 0 Å². The van der Waals surface area contributed by atoms with E-state index in [1.54, 1.807) is 6.08 Å². The van der Waals surface area contributed by atoms with Crippen LogP contribution in [0, 0.1) is 0 Å². The van der Waals surface area contributed by atoms with Crippen molar-refractivity contribution in [2.45, 2.75) is 32.6 Å². The number of rotatable bonds is 2. The van der Waals surface area contributed by atoms with E-state index in [9.17, 15) is 4.79 Å². The molecule has 5 nitrogen and oxygen atoms in total. The van der Waals surface area contributed by atoms with E-state index in [4.69, 9.17) is 14.2 Å². The summed E-state index contributed by atoms with van der Waals surface area (Å²) in [6, 6.07) is 13.5. The second-order valence-corrected chi connectivity index (χ2v) is 7.92. The van der Waals surface area contributed by atoms with Crippen LogP contribution in [0.3, 0.4) is 0 Å². The predicted octanol–water partition coefficient (Wildman–Crippen LogP) is 4.49. The molecule has 0 saturated carbocycles. The largest absolute Gasteiger partial charge is 0.490 e. The van der Waals surface area contributed by atoms with E-state index < -0.39 is 5.97 Å². The fourth-order valence-electron chi connectivity index (χ4n) is 3.07. The Labute approximate surface area is 164 Å². The Morgan fingerprint density at radius 1 is 0.964 bits per heavy atom. The van der Waals surface area contributed by atoms with E-state index in [0.29, 0.717) is 24.9 Å². The number of nitrogens with zero attached hydrogens (tertiary/aromatic N) is 1. The van der Waals surface area contributed by atoms with Crippen molar-refractivity contribution in [1.29, 1.82) is 0 Å². The predicted molar refractivity (Wildman–Crippen MR) is 108 cm³/mol. The zero-order chi connectivity index (χ0) is 19.7. The van der Waals surface area contributed by atoms with Gasteiger partial charge in [0.25, 0.3) is 0 Å². The molecule has 144 valence electrons. The molecule has 0 aliphatic carbocycles. The van der Waals surface area contributed by atoms with Gasteiger partial charge < -0.3 is 14.2 Å². The van der Waals surface area contributed by atoms with E-state index in [1.807, 2.05) is 42.5 Å². The summed E-state index contributed by atoms with van der Waals surface area (Å²) in [6.45, 7) is 7.73. The second kappa shape index (κ2) is 7.15. The summed E-state index contributed by atoms with van der Waals surface area (Å²) in [4.78, 5) is 16.7. The van der Waals surface area contributed by atoms with Crippen molar-refractivity contribution in [2.75, 3.05) is 13.2 Å². The number of aliphatic imine (C=N–C) groups is 1. The normalized spacial score (nSPS) is 17.9. The van der Waals surface area contributed by atoms with Crippen molar-refractivity contribution in [2.24, 2.45) is 4.99 Å². The Morgan fingerprint density at radius 3 is 2.39 bits per heavy atom. The number of benzene rings is 2. The van der Waals surface area contributed by atoms with Gasteiger partial charge in [-0.3, -0.25) is 0 Å². The molecule has 5 heteroatoms. The molecule has 2 aliphatic heterocycles. The lowest BCUT2D eigenvalue weighted by molar-refractivity contribution is -0.129. The van der Waals surface area contributed by atoms with Crippen molar-refractivity contribution >= 4 is 17.9 Å². The number of fused-ring (bicyclic) bond motifs is 1. The molecule has 0 bridgehead atoms. The molecule has 0 amide bonds. The van der Waals surface area contributed by atoms with Crippen LogP contribution in [0.1, 0.15) is 43.9 Å². The molecule has 4 rings (SSSR count). The summed E-state index contributed by atoms with van der Waals surface area (Å²) in [6.07, 6.45) is 2.55. The van der Waals surface area contributed by atoms with Crippen LogP contribution < -0.4 is 9.47 Å². The summed E-state index contributed by atoms with van der Waals surface area (Å²) in [5.41, 5.74) is 3.13. The molecule has 0 unspecified atom stereocenters. The van der Waals surface area contributed by atoms with Gasteiger partial charge in [0.05, 0.1) is 13.2 Å². The SMILES string of the molecule is CC(C)(C)c1ccc(C2=N/C(=C/c3ccc4c(c3)OCCCO4)C(=O)O2)cc1. The van der Waals surface area contributed by atoms with Crippen LogP contribution in [0.2, 0.25) is 0 Å². The summed E-state index contributed by atoms with van der Waals surface area (Å²) < 4.78 is 16.7. The molecular weight excluding hydrogens is 354 g/mol. The molecule has 2 aromatic carbocycles. The van der Waals surface area contributed by atoms with E-state index in [1.165, 1.54) is 5.56 Å². The van der Waals surface area contributed by atoms with Crippen molar-refractivity contribution in [3.8, 4) is 11.5 Å². The Kier molecular flexibility index (Phi) is 4.67. The summed E-state index contributed by atoms with van der Waals surface area (Å²) in [7, 11) is 0. The van der Waals surface area contributed by atoms with Crippen molar-refractivity contribution in [3.05, 3.63) is 64.9 Å². The van der Waals surface area contributed by atoms with Crippen LogP contribution in [0.25, 0.3) is 6.08 Å². The van der Waals surface area contributed by atoms with E-state index >= 15 is 0 Å². The first-order valence-corrected chi connectivity index (χ1v) is 9.43. The number of carbonyl (C=O) groups is 1. The van der Waals surface area contributed by atoms with Crippen molar-refractivity contribution in [3.63, 3.8) is 0 Å². The minimum atomic E-state index is -0.456. The Morgan fingerprint density at radius 2 is 1.68 bits per heavy atom. The molecule has 2 aliphatic rings. The second-order valence-electron chi connectivity index (χ2n) is 7.92. The Hall–Kier alpha value is -3.08. The lowest BCUT2D eigenvalue weighted by Gasteiger charge is -2.18. The highest BCUT2D eigenvalue weighted by Gasteiger charge is 2.25. The standard InChI is InChI=1S/C23H23NO4/c1-23(2,3)17-8-6-16(7-9-17)21-24-18(22(25)28-21)13-15-5-10-19-20(14-15)27-12-4-11-26-19/h5-10,13-14H,4,11-12H2,1-3H3/b18-13+. The van der Waals surface area contributed by atoms with Crippen LogP contribution in [0.5, 0.6) is 11.5 Å². The maximum Gasteiger partial charge on any atom is 0.363 e. The molecule has 2 aromatic rings. The van der Waals surface area contributed by atoms with Gasteiger partial charge in [0.2, 0.25) is 5.90 Å². The first-order chi connectivity index (χ1) is 13.4. The highest BCUT2D eigenvalue weighted by Crippen LogP contribution is 2.32. The lowest BCUT2D eigenvalue weighted by atomic mass is 9.87. The number of hydrogen-bond acceptors (Lipinski definition) is 5. The van der Waals surface area contributed by atoms with Gasteiger partial charge in [-0.05, 0) is 46.9 Å². The van der Waals surface area contributed by atoms with Gasteiger partial charge in [-0.1, -0.05) is 39.0 Å². The third-order valence-corrected chi connectivity index (χ3v) is 4.69. The molecular formula is C23H23NO4. The minimum Gasteiger partial charge on any atom is -0.490 e. The highest BCUT2D eigenvalue weighted by molar-refractivity contribution is 6.12. The first kappa shape index (κ1) is 18.3. The molecule has 2 heterocycles. The van der Waals surface area contributed by atoms with Gasteiger partial charge in [-0.2, -0.15) is 0 Å². The summed E-state index contributed by atoms with van der Waals surface area (Å²) in [5, 5.41) is 0. The van der Waals surface area contributed by atoms with Crippen LogP contribution in [-0.4, -0.2) is 25.1 Å². The molecule has 0 radical (unpaired) electrons. The van der Waals surface area contributed by atoms with Gasteiger partial charge in [0.1, 0.15) is 0 Å². The first-order valence-electron chi connectivity index (χ1n) is 9.43. The van der Waals surface area contributed by atoms with Gasteiger partial charge in [0, 0.05) is 12.0 Å². The Balaban J connectivity index is 1.60. The highest BCUT2D eigenvalue weighted by atomic mass is 16.6. The van der Waals surface area contributed by atoms with E-state index in [-0.39, 0.29) is 11.1 Å². The molecule has 0 aromatic heterocycles. The molecule has 0 saturated heterocycles. The fourth-order valence-corrected chi connectivity index (χ4v) is 3.07. The zero-order valence-electron chi connectivity index (χ0n) is 16.3. The third kappa shape index (κ3) is 3.79. The number of hydrogen-bond donors (Lipinski definition) is 0. The fraction of sp³-hybridized carbons (Fsp3) is 0.304. The van der Waals surface area contributed by atoms with Gasteiger partial charge in [0.15, 0.2) is 17.2 Å². The molecule has 0 atom stereocenters. The van der Waals surface area contributed by atoms with Crippen LogP contribution in [0.4, 0.5) is 0 Å². The maximum absolute atomic E-state index is 12.3. The zero-order valence-corrected chi connectivity index (χ0v) is 16.3. The number of carbonyl (C=O) groups excluding carboxylic acids is 1. The average molecular weight is 377 g/mol. The number of cyclic esters (lactones) is 1. The molecule has 0 fully saturated rings. The quantitative estimate of drug-likeness (QED) is 0.572. The van der Waals surface area contributed by atoms with Gasteiger partial charge in [-0.25, -0.2) is 9.79 Å². The number of esters is 1. The molecule has 0 N–H and O–H groups in total. The van der Waals surface area contributed by atoms with Gasteiger partial charge in [-0.15, -0.1) is 0 Å². The lowest BCUT2D eigenvalue weighted by Crippen LogP contribution is -2.11. The number of ether oxygens (including phenoxy) is 3. The average Bonchev–Trinajstić information content (AvgIpc) is 2.88. The maximum atomic E-state index is 12.3. The monoisotopic (exact) mass is 377 g/mol. The van der Waals surface area contributed by atoms with Crippen LogP contribution in [0.15, 0.2) is 53.2 Å².